The molecule has 1 aromatic rings. The molecule has 0 fully saturated rings. The molecular weight excluding hydrogens is 166 g/mol. The van der Waals surface area contributed by atoms with E-state index in [-0.39, 0.29) is 14.7 Å². The molecule has 0 N–H and O–H groups in total. The third-order valence-corrected chi connectivity index (χ3v) is 1.75. The molecule has 4 heteroatoms. The van der Waals surface area contributed by atoms with Gasteiger partial charge in [-0.05, 0) is 0 Å². The quantitative estimate of drug-likeness (QED) is 0.516. The second-order valence-electron chi connectivity index (χ2n) is 0.694. The summed E-state index contributed by atoms with van der Waals surface area (Å²) in [6, 6.07) is 0. The van der Waals surface area contributed by atoms with Gasteiger partial charge in [-0.25, -0.2) is 0 Å². The Bertz CT molecular complexity index is 115. The summed E-state index contributed by atoms with van der Waals surface area (Å²) in [7, 11) is 0. The molecule has 0 radical (unpaired) electrons. The first-order valence-corrected chi connectivity index (χ1v) is 3.32. The second kappa shape index (κ2) is 1.73. The van der Waals surface area contributed by atoms with E-state index in [0.717, 1.165) is 0 Å². The van der Waals surface area contributed by atoms with Gasteiger partial charge in [-0.2, -0.15) is 0 Å². The van der Waals surface area contributed by atoms with E-state index < -0.39 is 0 Å². The van der Waals surface area contributed by atoms with Crippen molar-refractivity contribution in [3.05, 3.63) is 10.4 Å². The molecule has 0 saturated carbocycles. The van der Waals surface area contributed by atoms with Gasteiger partial charge in [0, 0.05) is 0 Å². The summed E-state index contributed by atoms with van der Waals surface area (Å²) in [5, 5.41) is 0. The van der Waals surface area contributed by atoms with Gasteiger partial charge in [0.25, 0.3) is 0 Å². The monoisotopic (exact) mass is 168 g/mol. The topological polar surface area (TPSA) is 25.8 Å². The summed E-state index contributed by atoms with van der Waals surface area (Å²) in [6.07, 6.45) is 1.49. The molecule has 0 aliphatic carbocycles. The third-order valence-electron chi connectivity index (χ3n) is 0.334. The van der Waals surface area contributed by atoms with E-state index in [2.05, 4.69) is 8.96 Å². The predicted octanol–water partition coefficient (Wildman–Crippen LogP) is 0.187. The van der Waals surface area contributed by atoms with Crippen LogP contribution in [0.15, 0.2) is 6.33 Å². The Morgan fingerprint density at radius 2 is 2.67 bits per heavy atom. The van der Waals surface area contributed by atoms with Crippen molar-refractivity contribution in [1.29, 1.82) is 0 Å². The van der Waals surface area contributed by atoms with Crippen LogP contribution in [0.2, 0.25) is 4.03 Å². The van der Waals surface area contributed by atoms with Crippen molar-refractivity contribution in [2.75, 3.05) is 0 Å². The Morgan fingerprint density at radius 1 is 1.83 bits per heavy atom. The molecule has 1 rings (SSSR count). The van der Waals surface area contributed by atoms with Gasteiger partial charge in [0.2, 0.25) is 0 Å². The molecule has 0 spiro atoms. The van der Waals surface area contributed by atoms with Crippen LogP contribution in [0.4, 0.5) is 0 Å². The standard InChI is InChI=1S/C2HClN2Se/c3-2-4-1-5-6-2/h1H. The van der Waals surface area contributed by atoms with Crippen molar-refractivity contribution < 1.29 is 0 Å². The van der Waals surface area contributed by atoms with Crippen LogP contribution in [-0.2, 0) is 0 Å². The average Bonchev–Trinajstić information content (AvgIpc) is 1.86. The van der Waals surface area contributed by atoms with Gasteiger partial charge in [-0.15, -0.1) is 0 Å². The normalized spacial score (nSPS) is 8.83. The molecule has 2 nitrogen and oxygen atoms in total. The number of hydrogen-bond acceptors (Lipinski definition) is 2. The van der Waals surface area contributed by atoms with Gasteiger partial charge < -0.3 is 0 Å². The van der Waals surface area contributed by atoms with E-state index in [4.69, 9.17) is 11.6 Å². The zero-order valence-electron chi connectivity index (χ0n) is 2.76. The number of hydrogen-bond donors (Lipinski definition) is 0. The summed E-state index contributed by atoms with van der Waals surface area (Å²) in [4.78, 5) is 3.65. The molecule has 0 aliphatic heterocycles. The number of aromatic nitrogens is 2. The summed E-state index contributed by atoms with van der Waals surface area (Å²) in [5.74, 6) is 0. The van der Waals surface area contributed by atoms with Gasteiger partial charge in [-0.1, -0.05) is 0 Å². The van der Waals surface area contributed by atoms with Gasteiger partial charge in [0.15, 0.2) is 0 Å². The zero-order chi connectivity index (χ0) is 4.41. The zero-order valence-corrected chi connectivity index (χ0v) is 5.23. The maximum absolute atomic E-state index is 5.36. The van der Waals surface area contributed by atoms with Gasteiger partial charge in [0.1, 0.15) is 0 Å². The van der Waals surface area contributed by atoms with E-state index in [1.54, 1.807) is 0 Å². The fourth-order valence-corrected chi connectivity index (χ4v) is 0.988. The van der Waals surface area contributed by atoms with E-state index in [1.165, 1.54) is 6.33 Å². The van der Waals surface area contributed by atoms with Crippen LogP contribution in [-0.4, -0.2) is 23.7 Å². The molecule has 0 aromatic carbocycles. The minimum atomic E-state index is 0.113. The molecule has 6 heavy (non-hydrogen) atoms. The van der Waals surface area contributed by atoms with E-state index in [0.29, 0.717) is 4.03 Å². The molecule has 0 aliphatic rings. The van der Waals surface area contributed by atoms with Crippen molar-refractivity contribution in [1.82, 2.24) is 8.96 Å². The molecular formula is C2HClN2Se. The number of halogens is 1. The molecule has 32 valence electrons. The van der Waals surface area contributed by atoms with Gasteiger partial charge in [-0.3, -0.25) is 0 Å². The second-order valence-corrected chi connectivity index (χ2v) is 3.20. The van der Waals surface area contributed by atoms with Crippen LogP contribution in [0, 0.1) is 0 Å². The fraction of sp³-hybridized carbons (Fsp3) is 0. The van der Waals surface area contributed by atoms with Crippen molar-refractivity contribution in [2.45, 2.75) is 0 Å². The van der Waals surface area contributed by atoms with E-state index in [9.17, 15) is 0 Å². The average molecular weight is 167 g/mol. The van der Waals surface area contributed by atoms with Crippen molar-refractivity contribution in [3.63, 3.8) is 0 Å². The molecule has 1 heterocycles. The predicted molar refractivity (Wildman–Crippen MR) is 24.0 cm³/mol. The Labute approximate surface area is 46.2 Å². The maximum atomic E-state index is 5.36. The van der Waals surface area contributed by atoms with Crippen molar-refractivity contribution >= 4 is 26.3 Å². The van der Waals surface area contributed by atoms with Crippen LogP contribution in [0.5, 0.6) is 0 Å². The fourth-order valence-electron chi connectivity index (χ4n) is 0.160. The minimum absolute atomic E-state index is 0.113. The third kappa shape index (κ3) is 0.805. The van der Waals surface area contributed by atoms with Crippen molar-refractivity contribution in [3.8, 4) is 0 Å². The van der Waals surface area contributed by atoms with Gasteiger partial charge in [0.05, 0.1) is 0 Å². The Hall–Kier alpha value is 0.149. The number of rotatable bonds is 0. The molecule has 0 saturated heterocycles. The van der Waals surface area contributed by atoms with E-state index >= 15 is 0 Å². The first-order valence-electron chi connectivity index (χ1n) is 1.32. The van der Waals surface area contributed by atoms with Crippen LogP contribution in [0.25, 0.3) is 0 Å². The summed E-state index contributed by atoms with van der Waals surface area (Å²) in [6.45, 7) is 0. The molecule has 0 atom stereocenters. The van der Waals surface area contributed by atoms with E-state index in [1.807, 2.05) is 0 Å². The Morgan fingerprint density at radius 3 is 2.83 bits per heavy atom. The molecule has 0 unspecified atom stereocenters. The Kier molecular flexibility index (Phi) is 1.25. The Balaban J connectivity index is 3.05. The van der Waals surface area contributed by atoms with Crippen LogP contribution < -0.4 is 0 Å². The van der Waals surface area contributed by atoms with Crippen molar-refractivity contribution in [2.24, 2.45) is 0 Å². The summed E-state index contributed by atoms with van der Waals surface area (Å²) < 4.78 is 4.41. The van der Waals surface area contributed by atoms with Crippen LogP contribution >= 0.6 is 11.6 Å². The molecule has 1 aromatic heterocycles. The summed E-state index contributed by atoms with van der Waals surface area (Å²) >= 11 is 5.48. The number of nitrogens with zero attached hydrogens (tertiary/aromatic N) is 2. The summed E-state index contributed by atoms with van der Waals surface area (Å²) in [5.41, 5.74) is 0. The van der Waals surface area contributed by atoms with Crippen LogP contribution in [0.1, 0.15) is 0 Å². The molecule has 0 bridgehead atoms. The van der Waals surface area contributed by atoms with Gasteiger partial charge >= 0.3 is 45.7 Å². The van der Waals surface area contributed by atoms with Crippen LogP contribution in [0.3, 0.4) is 0 Å². The first-order chi connectivity index (χ1) is 2.89. The molecule has 0 amide bonds. The first kappa shape index (κ1) is 4.31. The SMILES string of the molecule is Clc1ncn[se]1.